The first-order chi connectivity index (χ1) is 7.25. The molecule has 2 heterocycles. The lowest BCUT2D eigenvalue weighted by Gasteiger charge is -2.10. The van der Waals surface area contributed by atoms with E-state index in [1.165, 1.54) is 36.2 Å². The minimum absolute atomic E-state index is 1.13. The molecule has 0 fully saturated rings. The molecule has 0 saturated carbocycles. The maximum absolute atomic E-state index is 4.74. The van der Waals surface area contributed by atoms with Gasteiger partial charge in [0, 0.05) is 16.4 Å². The largest absolute Gasteiger partial charge is 0.302 e. The molecule has 0 unspecified atom stereocenters. The van der Waals surface area contributed by atoms with Crippen LogP contribution in [0.5, 0.6) is 0 Å². The van der Waals surface area contributed by atoms with E-state index < -0.39 is 0 Å². The molecule has 0 atom stereocenters. The van der Waals surface area contributed by atoms with Gasteiger partial charge in [-0.25, -0.2) is 4.98 Å². The Morgan fingerprint density at radius 2 is 2.13 bits per heavy atom. The summed E-state index contributed by atoms with van der Waals surface area (Å²) in [5.41, 5.74) is 5.10. The van der Waals surface area contributed by atoms with Crippen LogP contribution >= 0.6 is 15.9 Å². The van der Waals surface area contributed by atoms with Crippen LogP contribution in [0.1, 0.15) is 29.8 Å². The third kappa shape index (κ3) is 1.41. The first-order valence-corrected chi connectivity index (χ1v) is 6.21. The number of halogens is 1. The van der Waals surface area contributed by atoms with Gasteiger partial charge in [-0.3, -0.25) is 0 Å². The monoisotopic (exact) mass is 264 g/mol. The molecule has 3 rings (SSSR count). The van der Waals surface area contributed by atoms with Gasteiger partial charge >= 0.3 is 0 Å². The van der Waals surface area contributed by atoms with Gasteiger partial charge in [0.15, 0.2) is 0 Å². The predicted molar refractivity (Wildman–Crippen MR) is 64.3 cm³/mol. The van der Waals surface area contributed by atoms with Gasteiger partial charge in [0.05, 0.1) is 5.69 Å². The Balaban J connectivity index is 2.37. The van der Waals surface area contributed by atoms with E-state index in [1.807, 2.05) is 0 Å². The molecule has 0 radical (unpaired) electrons. The molecule has 1 aliphatic carbocycles. The summed E-state index contributed by atoms with van der Waals surface area (Å²) >= 11 is 3.55. The van der Waals surface area contributed by atoms with Crippen molar-refractivity contribution in [2.45, 2.75) is 32.6 Å². The van der Waals surface area contributed by atoms with Crippen LogP contribution in [0.25, 0.3) is 5.65 Å². The first-order valence-electron chi connectivity index (χ1n) is 5.41. The summed E-state index contributed by atoms with van der Waals surface area (Å²) in [5, 5.41) is 0. The fraction of sp³-hybridized carbons (Fsp3) is 0.417. The van der Waals surface area contributed by atoms with Crippen LogP contribution in [0.3, 0.4) is 0 Å². The number of aryl methyl sites for hydroxylation is 3. The van der Waals surface area contributed by atoms with Crippen LogP contribution in [0, 0.1) is 6.92 Å². The van der Waals surface area contributed by atoms with Gasteiger partial charge in [0.2, 0.25) is 0 Å². The zero-order valence-corrected chi connectivity index (χ0v) is 10.3. The molecule has 2 aromatic heterocycles. The second-order valence-corrected chi connectivity index (χ2v) is 5.16. The van der Waals surface area contributed by atoms with Crippen molar-refractivity contribution in [3.05, 3.63) is 33.7 Å². The molecule has 2 nitrogen and oxygen atoms in total. The molecule has 1 aliphatic rings. The number of rotatable bonds is 0. The van der Waals surface area contributed by atoms with Crippen LogP contribution < -0.4 is 0 Å². The van der Waals surface area contributed by atoms with E-state index in [0.717, 1.165) is 16.5 Å². The minimum Gasteiger partial charge on any atom is -0.302 e. The van der Waals surface area contributed by atoms with E-state index in [2.05, 4.69) is 39.5 Å². The third-order valence-electron chi connectivity index (χ3n) is 3.13. The smallest absolute Gasteiger partial charge is 0.140 e. The topological polar surface area (TPSA) is 17.3 Å². The molecule has 0 spiro atoms. The lowest BCUT2D eigenvalue weighted by Crippen LogP contribution is -2.03. The lowest BCUT2D eigenvalue weighted by atomic mass is 10.0. The van der Waals surface area contributed by atoms with E-state index in [4.69, 9.17) is 4.98 Å². The number of imidazole rings is 1. The van der Waals surface area contributed by atoms with Crippen molar-refractivity contribution >= 4 is 21.6 Å². The highest BCUT2D eigenvalue weighted by Gasteiger charge is 2.16. The Kier molecular flexibility index (Phi) is 2.09. The van der Waals surface area contributed by atoms with Crippen LogP contribution in [0.15, 0.2) is 16.7 Å². The van der Waals surface area contributed by atoms with Crippen LogP contribution in [0.4, 0.5) is 0 Å². The molecule has 0 N–H and O–H groups in total. The summed E-state index contributed by atoms with van der Waals surface area (Å²) in [5.74, 6) is 0. The number of nitrogens with zero attached hydrogens (tertiary/aromatic N) is 2. The van der Waals surface area contributed by atoms with Gasteiger partial charge < -0.3 is 4.40 Å². The molecular formula is C12H13BrN2. The molecule has 3 heteroatoms. The number of hydrogen-bond acceptors (Lipinski definition) is 1. The highest BCUT2D eigenvalue weighted by Crippen LogP contribution is 2.25. The van der Waals surface area contributed by atoms with Crippen molar-refractivity contribution in [1.29, 1.82) is 0 Å². The standard InChI is InChI=1S/C12H13BrN2/c1-8-6-9(13)7-15-11-5-3-2-4-10(11)14-12(8)15/h6-7H,2-5H2,1H3. The molecule has 2 aromatic rings. The molecule has 0 bridgehead atoms. The normalized spacial score (nSPS) is 15.6. The predicted octanol–water partition coefficient (Wildman–Crippen LogP) is 3.28. The second-order valence-electron chi connectivity index (χ2n) is 4.25. The maximum Gasteiger partial charge on any atom is 0.140 e. The number of aromatic nitrogens is 2. The number of fused-ring (bicyclic) bond motifs is 3. The van der Waals surface area contributed by atoms with Gasteiger partial charge in [-0.05, 0) is 60.2 Å². The highest BCUT2D eigenvalue weighted by molar-refractivity contribution is 9.10. The van der Waals surface area contributed by atoms with Gasteiger partial charge in [0.1, 0.15) is 5.65 Å². The Morgan fingerprint density at radius 3 is 3.00 bits per heavy atom. The molecular weight excluding hydrogens is 252 g/mol. The second kappa shape index (κ2) is 3.34. The first kappa shape index (κ1) is 9.40. The van der Waals surface area contributed by atoms with Gasteiger partial charge in [-0.2, -0.15) is 0 Å². The van der Waals surface area contributed by atoms with Crippen LogP contribution in [0.2, 0.25) is 0 Å². The Labute approximate surface area is 97.5 Å². The van der Waals surface area contributed by atoms with Crippen LogP contribution in [-0.2, 0) is 12.8 Å². The summed E-state index contributed by atoms with van der Waals surface area (Å²) in [7, 11) is 0. The molecule has 0 amide bonds. The summed E-state index contributed by atoms with van der Waals surface area (Å²) in [6, 6.07) is 2.13. The molecule has 0 aliphatic heterocycles. The third-order valence-corrected chi connectivity index (χ3v) is 3.56. The van der Waals surface area contributed by atoms with Crippen molar-refractivity contribution in [3.63, 3.8) is 0 Å². The molecule has 0 saturated heterocycles. The van der Waals surface area contributed by atoms with Crippen LogP contribution in [-0.4, -0.2) is 9.38 Å². The number of pyridine rings is 1. The maximum atomic E-state index is 4.74. The van der Waals surface area contributed by atoms with Gasteiger partial charge in [0.25, 0.3) is 0 Å². The van der Waals surface area contributed by atoms with Gasteiger partial charge in [-0.1, -0.05) is 0 Å². The fourth-order valence-corrected chi connectivity index (χ4v) is 2.96. The van der Waals surface area contributed by atoms with Crippen molar-refractivity contribution in [3.8, 4) is 0 Å². The Hall–Kier alpha value is -0.830. The van der Waals surface area contributed by atoms with Crippen molar-refractivity contribution in [1.82, 2.24) is 9.38 Å². The van der Waals surface area contributed by atoms with E-state index in [1.54, 1.807) is 0 Å². The Morgan fingerprint density at radius 1 is 1.33 bits per heavy atom. The lowest BCUT2D eigenvalue weighted by molar-refractivity contribution is 0.660. The van der Waals surface area contributed by atoms with Gasteiger partial charge in [-0.15, -0.1) is 0 Å². The quantitative estimate of drug-likeness (QED) is 0.714. The zero-order chi connectivity index (χ0) is 10.4. The molecule has 0 aromatic carbocycles. The summed E-state index contributed by atoms with van der Waals surface area (Å²) < 4.78 is 3.40. The SMILES string of the molecule is Cc1cc(Br)cn2c3c(nc12)CCCC3. The van der Waals surface area contributed by atoms with E-state index in [0.29, 0.717) is 0 Å². The molecule has 78 valence electrons. The summed E-state index contributed by atoms with van der Waals surface area (Å²) in [6.45, 7) is 2.12. The van der Waals surface area contributed by atoms with Crippen molar-refractivity contribution in [2.24, 2.45) is 0 Å². The van der Waals surface area contributed by atoms with Crippen molar-refractivity contribution in [2.75, 3.05) is 0 Å². The highest BCUT2D eigenvalue weighted by atomic mass is 79.9. The number of hydrogen-bond donors (Lipinski definition) is 0. The minimum atomic E-state index is 1.13. The Bertz CT molecular complexity index is 528. The average molecular weight is 265 g/mol. The summed E-state index contributed by atoms with van der Waals surface area (Å²) in [4.78, 5) is 4.74. The molecule has 15 heavy (non-hydrogen) atoms. The summed E-state index contributed by atoms with van der Waals surface area (Å²) in [6.07, 6.45) is 7.05. The van der Waals surface area contributed by atoms with E-state index in [9.17, 15) is 0 Å². The van der Waals surface area contributed by atoms with E-state index in [-0.39, 0.29) is 0 Å². The fourth-order valence-electron chi connectivity index (χ4n) is 2.41. The average Bonchev–Trinajstić information content (AvgIpc) is 2.57. The van der Waals surface area contributed by atoms with E-state index >= 15 is 0 Å². The zero-order valence-electron chi connectivity index (χ0n) is 8.76. The van der Waals surface area contributed by atoms with Crippen molar-refractivity contribution < 1.29 is 0 Å².